The van der Waals surface area contributed by atoms with Crippen LogP contribution in [0, 0.1) is 5.82 Å². The maximum absolute atomic E-state index is 13.3. The van der Waals surface area contributed by atoms with Crippen LogP contribution in [0.3, 0.4) is 0 Å². The van der Waals surface area contributed by atoms with E-state index in [1.165, 1.54) is 0 Å². The quantitative estimate of drug-likeness (QED) is 0.655. The number of nitrogens with two attached hydrogens (primary N) is 1. The summed E-state index contributed by atoms with van der Waals surface area (Å²) in [6.45, 7) is -0.351. The predicted octanol–water partition coefficient (Wildman–Crippen LogP) is -0.867. The van der Waals surface area contributed by atoms with Gasteiger partial charge in [0.2, 0.25) is 15.9 Å². The monoisotopic (exact) mass is 332 g/mol. The molecule has 1 fully saturated rings. The first-order valence-electron chi connectivity index (χ1n) is 6.16. The number of nitrogens with zero attached hydrogens (tertiary/aromatic N) is 1. The van der Waals surface area contributed by atoms with Gasteiger partial charge in [-0.25, -0.2) is 17.6 Å². The normalized spacial score (nSPS) is 22.6. The molecule has 2 rings (SSSR count). The molecular weight excluding hydrogens is 319 g/mol. The number of hydrogen-bond donors (Lipinski definition) is 3. The Morgan fingerprint density at radius 2 is 2.00 bits per heavy atom. The van der Waals surface area contributed by atoms with Crippen LogP contribution in [0.5, 0.6) is 0 Å². The van der Waals surface area contributed by atoms with Gasteiger partial charge in [0, 0.05) is 13.0 Å². The second kappa shape index (κ2) is 5.63. The highest BCUT2D eigenvalue weighted by molar-refractivity contribution is 7.89. The summed E-state index contributed by atoms with van der Waals surface area (Å²) in [5, 5.41) is 18.4. The third-order valence-electron chi connectivity index (χ3n) is 3.34. The highest BCUT2D eigenvalue weighted by atomic mass is 32.2. The molecule has 0 spiro atoms. The first kappa shape index (κ1) is 16.3. The molecule has 0 radical (unpaired) electrons. The smallest absolute Gasteiger partial charge is 0.338 e. The van der Waals surface area contributed by atoms with Crippen LogP contribution in [0.15, 0.2) is 23.1 Å². The van der Waals surface area contributed by atoms with E-state index >= 15 is 0 Å². The number of carbonyl (C=O) groups excluding carboxylic acids is 1. The van der Waals surface area contributed by atoms with Crippen molar-refractivity contribution in [3.8, 4) is 0 Å². The number of hydrogen-bond acceptors (Lipinski definition) is 5. The molecule has 22 heavy (non-hydrogen) atoms. The minimum Gasteiger partial charge on any atom is -0.478 e. The van der Waals surface area contributed by atoms with Crippen LogP contribution < -0.4 is 5.73 Å². The van der Waals surface area contributed by atoms with Crippen LogP contribution in [0.1, 0.15) is 16.8 Å². The molecule has 4 N–H and O–H groups in total. The fraction of sp³-hybridized carbons (Fsp3) is 0.333. The van der Waals surface area contributed by atoms with E-state index in [-0.39, 0.29) is 13.0 Å². The van der Waals surface area contributed by atoms with Gasteiger partial charge in [-0.2, -0.15) is 4.31 Å². The average molecular weight is 332 g/mol. The van der Waals surface area contributed by atoms with Gasteiger partial charge in [-0.05, 0) is 18.2 Å². The summed E-state index contributed by atoms with van der Waals surface area (Å²) in [6, 6.07) is 1.02. The number of rotatable bonds is 4. The van der Waals surface area contributed by atoms with E-state index in [2.05, 4.69) is 0 Å². The Bertz CT molecular complexity index is 735. The fourth-order valence-corrected chi connectivity index (χ4v) is 3.94. The Morgan fingerprint density at radius 3 is 2.55 bits per heavy atom. The number of sulfonamides is 1. The second-order valence-electron chi connectivity index (χ2n) is 4.83. The van der Waals surface area contributed by atoms with Gasteiger partial charge in [-0.1, -0.05) is 0 Å². The number of halogens is 1. The molecule has 2 atom stereocenters. The van der Waals surface area contributed by atoms with Crippen molar-refractivity contribution in [3.05, 3.63) is 29.6 Å². The van der Waals surface area contributed by atoms with Crippen LogP contribution in [-0.4, -0.2) is 53.5 Å². The van der Waals surface area contributed by atoms with Crippen molar-refractivity contribution in [2.24, 2.45) is 5.73 Å². The second-order valence-corrected chi connectivity index (χ2v) is 6.72. The van der Waals surface area contributed by atoms with Crippen LogP contribution in [0.25, 0.3) is 0 Å². The zero-order valence-corrected chi connectivity index (χ0v) is 12.0. The molecule has 1 aromatic carbocycles. The molecule has 10 heteroatoms. The first-order chi connectivity index (χ1) is 10.1. The van der Waals surface area contributed by atoms with Crippen molar-refractivity contribution in [1.82, 2.24) is 4.31 Å². The van der Waals surface area contributed by atoms with Crippen LogP contribution >= 0.6 is 0 Å². The van der Waals surface area contributed by atoms with Gasteiger partial charge >= 0.3 is 5.97 Å². The van der Waals surface area contributed by atoms with Gasteiger partial charge in [0.05, 0.1) is 16.6 Å². The molecule has 0 bridgehead atoms. The largest absolute Gasteiger partial charge is 0.478 e. The lowest BCUT2D eigenvalue weighted by Crippen LogP contribution is -2.43. The van der Waals surface area contributed by atoms with E-state index in [1.807, 2.05) is 0 Å². The maximum atomic E-state index is 13.3. The van der Waals surface area contributed by atoms with Crippen molar-refractivity contribution in [3.63, 3.8) is 0 Å². The average Bonchev–Trinajstić information content (AvgIpc) is 2.81. The van der Waals surface area contributed by atoms with Crippen LogP contribution in [0.2, 0.25) is 0 Å². The molecule has 0 aliphatic carbocycles. The van der Waals surface area contributed by atoms with Crippen molar-refractivity contribution in [1.29, 1.82) is 0 Å². The molecule has 120 valence electrons. The van der Waals surface area contributed by atoms with Gasteiger partial charge in [0.1, 0.15) is 11.9 Å². The Morgan fingerprint density at radius 1 is 1.36 bits per heavy atom. The maximum Gasteiger partial charge on any atom is 0.338 e. The zero-order valence-electron chi connectivity index (χ0n) is 11.1. The number of carbonyl (C=O) groups is 2. The summed E-state index contributed by atoms with van der Waals surface area (Å²) in [7, 11) is -4.30. The third kappa shape index (κ3) is 2.80. The Balaban J connectivity index is 2.49. The predicted molar refractivity (Wildman–Crippen MR) is 70.9 cm³/mol. The third-order valence-corrected chi connectivity index (χ3v) is 5.21. The number of aliphatic hydroxyl groups is 1. The summed E-state index contributed by atoms with van der Waals surface area (Å²) in [5.41, 5.74) is 4.31. The number of primary amides is 1. The van der Waals surface area contributed by atoms with Crippen LogP contribution in [-0.2, 0) is 14.8 Å². The van der Waals surface area contributed by atoms with Crippen molar-refractivity contribution in [2.45, 2.75) is 23.5 Å². The van der Waals surface area contributed by atoms with E-state index in [9.17, 15) is 27.5 Å². The Hall–Kier alpha value is -2.04. The summed E-state index contributed by atoms with van der Waals surface area (Å²) >= 11 is 0. The lowest BCUT2D eigenvalue weighted by atomic mass is 10.2. The number of amides is 1. The standard InChI is InChI=1S/C12H13FN2O6S/c13-9-2-1-7(4-8(9)12(18)19)22(20,21)15-5-6(16)3-10(15)11(14)17/h1-2,4,6,10,16H,3,5H2,(H2,14,17)(H,18,19)/t6-,10+/m0/s1. The van der Waals surface area contributed by atoms with Crippen molar-refractivity contribution >= 4 is 21.9 Å². The first-order valence-corrected chi connectivity index (χ1v) is 7.60. The summed E-state index contributed by atoms with van der Waals surface area (Å²) in [6.07, 6.45) is -1.21. The molecule has 1 aliphatic heterocycles. The highest BCUT2D eigenvalue weighted by Crippen LogP contribution is 2.27. The van der Waals surface area contributed by atoms with Crippen molar-refractivity contribution < 1.29 is 32.6 Å². The van der Waals surface area contributed by atoms with Crippen molar-refractivity contribution in [2.75, 3.05) is 6.54 Å². The minimum absolute atomic E-state index is 0.151. The zero-order chi connectivity index (χ0) is 16.7. The highest BCUT2D eigenvalue weighted by Gasteiger charge is 2.42. The lowest BCUT2D eigenvalue weighted by molar-refractivity contribution is -0.121. The van der Waals surface area contributed by atoms with E-state index < -0.39 is 50.3 Å². The molecule has 1 amide bonds. The summed E-state index contributed by atoms with van der Waals surface area (Å²) < 4.78 is 39.0. The van der Waals surface area contributed by atoms with E-state index in [4.69, 9.17) is 10.8 Å². The van der Waals surface area contributed by atoms with Crippen LogP contribution in [0.4, 0.5) is 4.39 Å². The number of β-amino-alcohol motifs (C(OH)–C–C–N with tert-alkyl or cyclic N) is 1. The van der Waals surface area contributed by atoms with E-state index in [0.717, 1.165) is 6.07 Å². The fourth-order valence-electron chi connectivity index (χ4n) is 2.27. The molecule has 0 saturated carbocycles. The number of aliphatic hydroxyl groups excluding tert-OH is 1. The van der Waals surface area contributed by atoms with Gasteiger partial charge in [0.25, 0.3) is 0 Å². The summed E-state index contributed by atoms with van der Waals surface area (Å²) in [5.74, 6) is -3.64. The van der Waals surface area contributed by atoms with Gasteiger partial charge < -0.3 is 15.9 Å². The number of carboxylic acids is 1. The van der Waals surface area contributed by atoms with Gasteiger partial charge in [-0.15, -0.1) is 0 Å². The minimum atomic E-state index is -4.30. The molecule has 1 saturated heterocycles. The topological polar surface area (TPSA) is 138 Å². The Kier molecular flexibility index (Phi) is 4.18. The van der Waals surface area contributed by atoms with E-state index in [0.29, 0.717) is 16.4 Å². The molecular formula is C12H13FN2O6S. The molecule has 1 heterocycles. The number of carboxylic acid groups (broad SMARTS) is 1. The Labute approximate surface area is 125 Å². The molecule has 0 aromatic heterocycles. The molecule has 0 unspecified atom stereocenters. The van der Waals surface area contributed by atoms with Gasteiger partial charge in [-0.3, -0.25) is 4.79 Å². The number of benzene rings is 1. The summed E-state index contributed by atoms with van der Waals surface area (Å²) in [4.78, 5) is 21.7. The molecule has 1 aromatic rings. The lowest BCUT2D eigenvalue weighted by Gasteiger charge is -2.21. The number of aromatic carboxylic acids is 1. The van der Waals surface area contributed by atoms with Gasteiger partial charge in [0.15, 0.2) is 0 Å². The van der Waals surface area contributed by atoms with E-state index in [1.54, 1.807) is 0 Å². The SMILES string of the molecule is NC(=O)[C@H]1C[C@H](O)CN1S(=O)(=O)c1ccc(F)c(C(=O)O)c1. The molecule has 1 aliphatic rings. The molecule has 8 nitrogen and oxygen atoms in total.